The van der Waals surface area contributed by atoms with E-state index in [4.69, 9.17) is 5.73 Å². The third kappa shape index (κ3) is 2.42. The lowest BCUT2D eigenvalue weighted by molar-refractivity contribution is 0.253. The Bertz CT molecular complexity index is 610. The van der Waals surface area contributed by atoms with Crippen molar-refractivity contribution in [3.05, 3.63) is 24.5 Å². The smallest absolute Gasteiger partial charge is 0.137 e. The van der Waals surface area contributed by atoms with Gasteiger partial charge in [-0.05, 0) is 36.5 Å². The van der Waals surface area contributed by atoms with Crippen LogP contribution in [0.1, 0.15) is 33.1 Å². The van der Waals surface area contributed by atoms with Gasteiger partial charge in [0.25, 0.3) is 0 Å². The van der Waals surface area contributed by atoms with Gasteiger partial charge in [0.1, 0.15) is 12.1 Å². The molecule has 1 fully saturated rings. The van der Waals surface area contributed by atoms with Crippen molar-refractivity contribution < 1.29 is 0 Å². The summed E-state index contributed by atoms with van der Waals surface area (Å²) in [5, 5.41) is 4.68. The number of fused-ring (bicyclic) bond motifs is 1. The molecule has 1 aromatic carbocycles. The summed E-state index contributed by atoms with van der Waals surface area (Å²) in [5.41, 5.74) is 7.46. The quantitative estimate of drug-likeness (QED) is 0.820. The summed E-state index contributed by atoms with van der Waals surface area (Å²) in [6.45, 7) is 4.68. The van der Waals surface area contributed by atoms with Gasteiger partial charge in [0.2, 0.25) is 0 Å². The SMILES string of the molecule is CC1CCCC(Nc2ncnc3cc(N)ccc23)C1C. The molecule has 4 heteroatoms. The lowest BCUT2D eigenvalue weighted by atomic mass is 9.78. The summed E-state index contributed by atoms with van der Waals surface area (Å²) in [5.74, 6) is 2.37. The van der Waals surface area contributed by atoms with Gasteiger partial charge in [-0.2, -0.15) is 0 Å². The molecule has 1 aliphatic rings. The monoisotopic (exact) mass is 270 g/mol. The summed E-state index contributed by atoms with van der Waals surface area (Å²) in [7, 11) is 0. The zero-order valence-electron chi connectivity index (χ0n) is 12.1. The van der Waals surface area contributed by atoms with Crippen LogP contribution in [0, 0.1) is 11.8 Å². The highest BCUT2D eigenvalue weighted by Crippen LogP contribution is 2.32. The van der Waals surface area contributed by atoms with Crippen LogP contribution < -0.4 is 11.1 Å². The Morgan fingerprint density at radius 3 is 2.90 bits per heavy atom. The van der Waals surface area contributed by atoms with Gasteiger partial charge in [-0.25, -0.2) is 9.97 Å². The zero-order valence-corrected chi connectivity index (χ0v) is 12.1. The number of rotatable bonds is 2. The first kappa shape index (κ1) is 13.2. The number of nitrogens with one attached hydrogen (secondary N) is 1. The number of nitrogens with zero attached hydrogens (tertiary/aromatic N) is 2. The van der Waals surface area contributed by atoms with Gasteiger partial charge < -0.3 is 11.1 Å². The lowest BCUT2D eigenvalue weighted by Crippen LogP contribution is -2.35. The van der Waals surface area contributed by atoms with Crippen LogP contribution in [0.15, 0.2) is 24.5 Å². The molecule has 3 N–H and O–H groups in total. The normalized spacial score (nSPS) is 26.6. The molecule has 3 rings (SSSR count). The Balaban J connectivity index is 1.91. The molecule has 3 unspecified atom stereocenters. The van der Waals surface area contributed by atoms with Crippen molar-refractivity contribution in [1.82, 2.24) is 9.97 Å². The molecule has 0 saturated heterocycles. The van der Waals surface area contributed by atoms with Crippen molar-refractivity contribution in [2.75, 3.05) is 11.1 Å². The van der Waals surface area contributed by atoms with Crippen LogP contribution in [0.3, 0.4) is 0 Å². The summed E-state index contributed by atoms with van der Waals surface area (Å²) in [6, 6.07) is 6.30. The van der Waals surface area contributed by atoms with Crippen molar-refractivity contribution in [2.24, 2.45) is 11.8 Å². The Hall–Kier alpha value is -1.84. The van der Waals surface area contributed by atoms with E-state index in [-0.39, 0.29) is 0 Å². The minimum Gasteiger partial charge on any atom is -0.399 e. The number of aromatic nitrogens is 2. The second-order valence-corrected chi connectivity index (χ2v) is 6.02. The van der Waals surface area contributed by atoms with Gasteiger partial charge in [0.05, 0.1) is 5.52 Å². The third-order valence-electron chi connectivity index (χ3n) is 4.69. The first-order chi connectivity index (χ1) is 9.65. The first-order valence-corrected chi connectivity index (χ1v) is 7.42. The molecule has 0 spiro atoms. The van der Waals surface area contributed by atoms with Crippen LogP contribution in [0.2, 0.25) is 0 Å². The summed E-state index contributed by atoms with van der Waals surface area (Å²) < 4.78 is 0. The van der Waals surface area contributed by atoms with Crippen LogP contribution in [0.4, 0.5) is 11.5 Å². The Morgan fingerprint density at radius 2 is 2.05 bits per heavy atom. The molecule has 1 aromatic heterocycles. The second-order valence-electron chi connectivity index (χ2n) is 6.02. The topological polar surface area (TPSA) is 63.8 Å². The molecule has 0 aliphatic heterocycles. The van der Waals surface area contributed by atoms with Crippen LogP contribution in [-0.4, -0.2) is 16.0 Å². The number of nitrogens with two attached hydrogens (primary N) is 1. The maximum absolute atomic E-state index is 5.82. The van der Waals surface area contributed by atoms with Gasteiger partial charge in [-0.1, -0.05) is 26.7 Å². The van der Waals surface area contributed by atoms with E-state index in [9.17, 15) is 0 Å². The Labute approximate surface area is 119 Å². The highest BCUT2D eigenvalue weighted by atomic mass is 15.0. The van der Waals surface area contributed by atoms with Gasteiger partial charge >= 0.3 is 0 Å². The maximum Gasteiger partial charge on any atom is 0.137 e. The summed E-state index contributed by atoms with van der Waals surface area (Å²) in [4.78, 5) is 8.73. The Kier molecular flexibility index (Phi) is 3.47. The number of benzene rings is 1. The highest BCUT2D eigenvalue weighted by Gasteiger charge is 2.27. The van der Waals surface area contributed by atoms with E-state index in [0.717, 1.165) is 28.3 Å². The van der Waals surface area contributed by atoms with E-state index in [1.54, 1.807) is 6.33 Å². The van der Waals surface area contributed by atoms with E-state index in [1.165, 1.54) is 19.3 Å². The molecular weight excluding hydrogens is 248 g/mol. The summed E-state index contributed by atoms with van der Waals surface area (Å²) >= 11 is 0. The summed E-state index contributed by atoms with van der Waals surface area (Å²) in [6.07, 6.45) is 5.45. The van der Waals surface area contributed by atoms with Crippen molar-refractivity contribution >= 4 is 22.4 Å². The molecule has 1 saturated carbocycles. The second kappa shape index (κ2) is 5.27. The van der Waals surface area contributed by atoms with E-state index in [2.05, 4.69) is 29.1 Å². The zero-order chi connectivity index (χ0) is 14.1. The molecule has 20 heavy (non-hydrogen) atoms. The average Bonchev–Trinajstić information content (AvgIpc) is 2.44. The third-order valence-corrected chi connectivity index (χ3v) is 4.69. The van der Waals surface area contributed by atoms with Crippen LogP contribution in [-0.2, 0) is 0 Å². The highest BCUT2D eigenvalue weighted by molar-refractivity contribution is 5.90. The minimum atomic E-state index is 0.495. The van der Waals surface area contributed by atoms with Crippen molar-refractivity contribution in [2.45, 2.75) is 39.2 Å². The number of hydrogen-bond donors (Lipinski definition) is 2. The number of nitrogen functional groups attached to an aromatic ring is 1. The first-order valence-electron chi connectivity index (χ1n) is 7.42. The van der Waals surface area contributed by atoms with Crippen LogP contribution >= 0.6 is 0 Å². The van der Waals surface area contributed by atoms with E-state index < -0.39 is 0 Å². The van der Waals surface area contributed by atoms with E-state index in [1.807, 2.05) is 18.2 Å². The number of anilines is 2. The fourth-order valence-corrected chi connectivity index (χ4v) is 3.15. The van der Waals surface area contributed by atoms with Gasteiger partial charge in [0.15, 0.2) is 0 Å². The Morgan fingerprint density at radius 1 is 1.20 bits per heavy atom. The molecule has 0 amide bonds. The van der Waals surface area contributed by atoms with Gasteiger partial charge in [-0.15, -0.1) is 0 Å². The fourth-order valence-electron chi connectivity index (χ4n) is 3.15. The molecule has 2 aromatic rings. The molecule has 106 valence electrons. The molecule has 0 radical (unpaired) electrons. The minimum absolute atomic E-state index is 0.495. The lowest BCUT2D eigenvalue weighted by Gasteiger charge is -2.35. The molecule has 3 atom stereocenters. The predicted octanol–water partition coefficient (Wildman–Crippen LogP) is 3.45. The van der Waals surface area contributed by atoms with Crippen molar-refractivity contribution in [1.29, 1.82) is 0 Å². The maximum atomic E-state index is 5.82. The molecular formula is C16H22N4. The van der Waals surface area contributed by atoms with Crippen LogP contribution in [0.25, 0.3) is 10.9 Å². The van der Waals surface area contributed by atoms with Gasteiger partial charge in [-0.3, -0.25) is 0 Å². The molecule has 1 heterocycles. The average molecular weight is 270 g/mol. The largest absolute Gasteiger partial charge is 0.399 e. The van der Waals surface area contributed by atoms with E-state index in [0.29, 0.717) is 12.0 Å². The van der Waals surface area contributed by atoms with Crippen LogP contribution in [0.5, 0.6) is 0 Å². The van der Waals surface area contributed by atoms with E-state index >= 15 is 0 Å². The van der Waals surface area contributed by atoms with Crippen molar-refractivity contribution in [3.8, 4) is 0 Å². The molecule has 1 aliphatic carbocycles. The predicted molar refractivity (Wildman–Crippen MR) is 83.5 cm³/mol. The molecule has 0 bridgehead atoms. The van der Waals surface area contributed by atoms with Gasteiger partial charge in [0, 0.05) is 17.1 Å². The molecule has 4 nitrogen and oxygen atoms in total. The van der Waals surface area contributed by atoms with Crippen molar-refractivity contribution in [3.63, 3.8) is 0 Å². The fraction of sp³-hybridized carbons (Fsp3) is 0.500. The number of hydrogen-bond acceptors (Lipinski definition) is 4. The standard InChI is InChI=1S/C16H22N4/c1-10-4-3-5-14(11(10)2)20-16-13-7-6-12(17)8-15(13)18-9-19-16/h6-11,14H,3-5,17H2,1-2H3,(H,18,19,20).